The first-order valence-electron chi connectivity index (χ1n) is 11.7. The second-order valence-corrected chi connectivity index (χ2v) is 10.1. The zero-order valence-corrected chi connectivity index (χ0v) is 20.3. The van der Waals surface area contributed by atoms with Gasteiger partial charge < -0.3 is 20.1 Å². The van der Waals surface area contributed by atoms with Gasteiger partial charge in [0, 0.05) is 56.8 Å². The van der Waals surface area contributed by atoms with Crippen LogP contribution in [0.2, 0.25) is 0 Å². The lowest BCUT2D eigenvalue weighted by Gasteiger charge is -2.45. The van der Waals surface area contributed by atoms with Crippen LogP contribution in [0.1, 0.15) is 57.3 Å². The highest BCUT2D eigenvalue weighted by Gasteiger charge is 2.62. The number of alkyl halides is 2. The molecule has 12 heteroatoms. The van der Waals surface area contributed by atoms with Crippen molar-refractivity contribution in [3.8, 4) is 0 Å². The Labute approximate surface area is 209 Å². The van der Waals surface area contributed by atoms with Crippen LogP contribution in [0.15, 0.2) is 18.2 Å². The minimum atomic E-state index is -3.15. The molecule has 3 aliphatic rings. The molecule has 3 amide bonds. The van der Waals surface area contributed by atoms with E-state index in [2.05, 4.69) is 10.6 Å². The summed E-state index contributed by atoms with van der Waals surface area (Å²) in [5.41, 5.74) is -0.892. The fourth-order valence-electron chi connectivity index (χ4n) is 5.66. The van der Waals surface area contributed by atoms with Gasteiger partial charge in [0.2, 0.25) is 5.91 Å². The molecular weight excluding hydrogens is 496 g/mol. The molecule has 2 unspecified atom stereocenters. The van der Waals surface area contributed by atoms with E-state index in [4.69, 9.17) is 0 Å². The van der Waals surface area contributed by atoms with Gasteiger partial charge in [-0.25, -0.2) is 17.6 Å². The largest absolute Gasteiger partial charge is 0.357 e. The van der Waals surface area contributed by atoms with Crippen molar-refractivity contribution in [1.29, 1.82) is 0 Å². The van der Waals surface area contributed by atoms with Crippen LogP contribution in [0, 0.1) is 24.5 Å². The van der Waals surface area contributed by atoms with Crippen LogP contribution in [-0.2, 0) is 16.1 Å². The molecule has 2 atom stereocenters. The number of rotatable bonds is 6. The van der Waals surface area contributed by atoms with Gasteiger partial charge in [-0.2, -0.15) is 0 Å². The lowest BCUT2D eigenvalue weighted by atomic mass is 9.72. The number of nitrogens with one attached hydrogen (secondary N) is 2. The van der Waals surface area contributed by atoms with E-state index in [1.165, 1.54) is 27.1 Å². The van der Waals surface area contributed by atoms with Gasteiger partial charge in [0.1, 0.15) is 5.54 Å². The van der Waals surface area contributed by atoms with E-state index in [-0.39, 0.29) is 34.3 Å². The number of ketones is 1. The van der Waals surface area contributed by atoms with Crippen molar-refractivity contribution in [1.82, 2.24) is 15.2 Å². The summed E-state index contributed by atoms with van der Waals surface area (Å²) >= 11 is 0. The number of fused-ring (bicyclic) bond motifs is 3. The Morgan fingerprint density at radius 3 is 2.38 bits per heavy atom. The fourth-order valence-corrected chi connectivity index (χ4v) is 5.66. The van der Waals surface area contributed by atoms with Crippen molar-refractivity contribution in [2.24, 2.45) is 5.92 Å². The Morgan fingerprint density at radius 2 is 1.78 bits per heavy atom. The third kappa shape index (κ3) is 3.80. The van der Waals surface area contributed by atoms with E-state index < -0.39 is 59.4 Å². The average Bonchev–Trinajstić information content (AvgIpc) is 3.40. The van der Waals surface area contributed by atoms with Crippen LogP contribution in [0.25, 0.3) is 0 Å². The highest BCUT2D eigenvalue weighted by molar-refractivity contribution is 6.43. The predicted molar refractivity (Wildman–Crippen MR) is 123 cm³/mol. The van der Waals surface area contributed by atoms with Crippen molar-refractivity contribution in [2.45, 2.75) is 50.1 Å². The standard InChI is InChI=1S/C25H24F4N4O4/c1-11-17(22(36)32(3)13-4-5-15(26)16(27)7-13)19-14-6-12(14)8-33(19)18(11)20(34)21(35)31-24(23(37)30-2)9-25(28,29)10-24/h4-5,7,12,14H,6,8-10H2,1-3H3,(H,30,37)(H,31,35). The minimum absolute atomic E-state index is 0.00292. The minimum Gasteiger partial charge on any atom is -0.357 e. The second kappa shape index (κ2) is 8.15. The summed E-state index contributed by atoms with van der Waals surface area (Å²) in [6.45, 7) is 1.90. The number of Topliss-reactive ketones (excluding diaryl/α,β-unsaturated/α-hetero) is 1. The summed E-state index contributed by atoms with van der Waals surface area (Å²) < 4.78 is 56.1. The zero-order chi connectivity index (χ0) is 27.0. The molecule has 2 fully saturated rings. The van der Waals surface area contributed by atoms with E-state index in [9.17, 15) is 36.7 Å². The predicted octanol–water partition coefficient (Wildman–Crippen LogP) is 2.68. The fraction of sp³-hybridized carbons (Fsp3) is 0.440. The second-order valence-electron chi connectivity index (χ2n) is 10.1. The van der Waals surface area contributed by atoms with Crippen molar-refractivity contribution in [2.75, 3.05) is 19.0 Å². The number of benzene rings is 1. The number of hydrogen-bond donors (Lipinski definition) is 2. The molecule has 196 valence electrons. The van der Waals surface area contributed by atoms with Crippen molar-refractivity contribution in [3.05, 3.63) is 52.3 Å². The smallest absolute Gasteiger partial charge is 0.294 e. The molecular formula is C25H24F4N4O4. The summed E-state index contributed by atoms with van der Waals surface area (Å²) in [6.07, 6.45) is -1.07. The lowest BCUT2D eigenvalue weighted by molar-refractivity contribution is -0.164. The number of halogens is 4. The number of carbonyl (C=O) groups is 4. The first-order chi connectivity index (χ1) is 17.3. The Morgan fingerprint density at radius 1 is 1.11 bits per heavy atom. The highest BCUT2D eigenvalue weighted by Crippen LogP contribution is 2.56. The molecule has 2 aromatic rings. The molecule has 0 bridgehead atoms. The van der Waals surface area contributed by atoms with Gasteiger partial charge >= 0.3 is 0 Å². The summed E-state index contributed by atoms with van der Waals surface area (Å²) in [5, 5.41) is 4.45. The number of nitrogens with zero attached hydrogens (tertiary/aromatic N) is 2. The molecule has 0 radical (unpaired) electrons. The van der Waals surface area contributed by atoms with Crippen LogP contribution in [0.4, 0.5) is 23.2 Å². The maximum Gasteiger partial charge on any atom is 0.294 e. The van der Waals surface area contributed by atoms with E-state index >= 15 is 0 Å². The average molecular weight is 520 g/mol. The van der Waals surface area contributed by atoms with Crippen molar-refractivity contribution in [3.63, 3.8) is 0 Å². The van der Waals surface area contributed by atoms with Crippen LogP contribution >= 0.6 is 0 Å². The van der Waals surface area contributed by atoms with E-state index in [1.807, 2.05) is 0 Å². The molecule has 1 aromatic heterocycles. The number of anilines is 1. The molecule has 2 saturated carbocycles. The molecule has 2 heterocycles. The third-order valence-corrected chi connectivity index (χ3v) is 7.60. The molecule has 0 saturated heterocycles. The normalized spacial score (nSPS) is 21.8. The lowest BCUT2D eigenvalue weighted by Crippen LogP contribution is -2.69. The Balaban J connectivity index is 1.48. The van der Waals surface area contributed by atoms with Gasteiger partial charge in [-0.05, 0) is 37.0 Å². The maximum atomic E-state index is 13.8. The van der Waals surface area contributed by atoms with Gasteiger partial charge in [0.25, 0.3) is 23.5 Å². The van der Waals surface area contributed by atoms with Crippen molar-refractivity contribution < 1.29 is 36.7 Å². The van der Waals surface area contributed by atoms with Gasteiger partial charge in [-0.15, -0.1) is 0 Å². The number of aromatic nitrogens is 1. The summed E-state index contributed by atoms with van der Waals surface area (Å²) in [6, 6.07) is 3.02. The zero-order valence-electron chi connectivity index (χ0n) is 20.3. The Bertz CT molecular complexity index is 1380. The molecule has 5 rings (SSSR count). The summed E-state index contributed by atoms with van der Waals surface area (Å²) in [5.74, 6) is -8.83. The first kappa shape index (κ1) is 25.0. The summed E-state index contributed by atoms with van der Waals surface area (Å²) in [7, 11) is 2.63. The molecule has 1 aromatic carbocycles. The SMILES string of the molecule is CNC(=O)C1(NC(=O)C(=O)c2c(C)c(C(=O)N(C)c3ccc(F)c(F)c3)c3n2CC2CC32)CC(F)(F)C1. The van der Waals surface area contributed by atoms with E-state index in [0.29, 0.717) is 12.2 Å². The van der Waals surface area contributed by atoms with Crippen LogP contribution in [-0.4, -0.2) is 53.6 Å². The molecule has 1 aliphatic heterocycles. The Kier molecular flexibility index (Phi) is 5.50. The number of amides is 3. The summed E-state index contributed by atoms with van der Waals surface area (Å²) in [4.78, 5) is 53.2. The van der Waals surface area contributed by atoms with E-state index in [0.717, 1.165) is 23.5 Å². The third-order valence-electron chi connectivity index (χ3n) is 7.60. The number of likely N-dealkylation sites (N-methyl/N-ethyl adjacent to an activating group) is 1. The monoisotopic (exact) mass is 520 g/mol. The molecule has 8 nitrogen and oxygen atoms in total. The molecule has 0 spiro atoms. The maximum absolute atomic E-state index is 13.8. The molecule has 2 aliphatic carbocycles. The van der Waals surface area contributed by atoms with Gasteiger partial charge in [-0.1, -0.05) is 0 Å². The van der Waals surface area contributed by atoms with Crippen LogP contribution < -0.4 is 15.5 Å². The highest BCUT2D eigenvalue weighted by atomic mass is 19.3. The molecule has 37 heavy (non-hydrogen) atoms. The quantitative estimate of drug-likeness (QED) is 0.348. The van der Waals surface area contributed by atoms with Crippen LogP contribution in [0.3, 0.4) is 0 Å². The first-order valence-corrected chi connectivity index (χ1v) is 11.7. The number of carbonyl (C=O) groups excluding carboxylic acids is 4. The van der Waals surface area contributed by atoms with Crippen molar-refractivity contribution >= 4 is 29.2 Å². The number of hydrogen-bond acceptors (Lipinski definition) is 4. The topological polar surface area (TPSA) is 101 Å². The van der Waals surface area contributed by atoms with Gasteiger partial charge in [0.15, 0.2) is 11.6 Å². The van der Waals surface area contributed by atoms with E-state index in [1.54, 1.807) is 4.57 Å². The Hall–Kier alpha value is -3.70. The van der Waals surface area contributed by atoms with Gasteiger partial charge in [-0.3, -0.25) is 19.2 Å². The van der Waals surface area contributed by atoms with Crippen LogP contribution in [0.5, 0.6) is 0 Å². The molecule has 2 N–H and O–H groups in total. The van der Waals surface area contributed by atoms with Gasteiger partial charge in [0.05, 0.1) is 11.3 Å².